The molecule has 0 aromatic carbocycles. The van der Waals surface area contributed by atoms with Crippen molar-refractivity contribution in [3.8, 4) is 0 Å². The number of hydrogen-bond donors (Lipinski definition) is 2. The third-order valence-corrected chi connectivity index (χ3v) is 2.43. The fourth-order valence-corrected chi connectivity index (χ4v) is 1.36. The van der Waals surface area contributed by atoms with Gasteiger partial charge in [0.1, 0.15) is 5.82 Å². The first-order chi connectivity index (χ1) is 7.25. The first kappa shape index (κ1) is 10.2. The van der Waals surface area contributed by atoms with Crippen molar-refractivity contribution in [2.75, 3.05) is 6.54 Å². The summed E-state index contributed by atoms with van der Waals surface area (Å²) in [5.41, 5.74) is 0. The SMILES string of the molecule is Cn1ccnc1CNCC(=O)NC1CC1. The maximum absolute atomic E-state index is 11.3. The summed E-state index contributed by atoms with van der Waals surface area (Å²) in [5.74, 6) is 1.01. The standard InChI is InChI=1S/C10H16N4O/c1-14-5-4-12-9(14)6-11-7-10(15)13-8-2-3-8/h4-5,8,11H,2-3,6-7H2,1H3,(H,13,15). The molecule has 5 heteroatoms. The van der Waals surface area contributed by atoms with Gasteiger partial charge in [0.15, 0.2) is 0 Å². The molecular formula is C10H16N4O. The summed E-state index contributed by atoms with van der Waals surface area (Å²) >= 11 is 0. The Morgan fingerprint density at radius 1 is 1.67 bits per heavy atom. The molecule has 1 fully saturated rings. The van der Waals surface area contributed by atoms with E-state index in [2.05, 4.69) is 15.6 Å². The monoisotopic (exact) mass is 208 g/mol. The summed E-state index contributed by atoms with van der Waals surface area (Å²) in [6.45, 7) is 0.991. The van der Waals surface area contributed by atoms with Crippen LogP contribution in [-0.2, 0) is 18.4 Å². The van der Waals surface area contributed by atoms with E-state index in [1.807, 2.05) is 17.8 Å². The molecule has 0 saturated heterocycles. The molecule has 1 amide bonds. The van der Waals surface area contributed by atoms with Crippen LogP contribution < -0.4 is 10.6 Å². The van der Waals surface area contributed by atoms with Crippen LogP contribution >= 0.6 is 0 Å². The molecule has 0 unspecified atom stereocenters. The molecule has 15 heavy (non-hydrogen) atoms. The van der Waals surface area contributed by atoms with Gasteiger partial charge in [-0.05, 0) is 12.8 Å². The zero-order valence-corrected chi connectivity index (χ0v) is 8.86. The van der Waals surface area contributed by atoms with Crippen molar-refractivity contribution in [3.05, 3.63) is 18.2 Å². The second kappa shape index (κ2) is 4.44. The molecule has 2 rings (SSSR count). The lowest BCUT2D eigenvalue weighted by atomic mass is 10.5. The predicted octanol–water partition coefficient (Wildman–Crippen LogP) is -0.212. The van der Waals surface area contributed by atoms with Crippen molar-refractivity contribution in [1.82, 2.24) is 20.2 Å². The molecular weight excluding hydrogens is 192 g/mol. The van der Waals surface area contributed by atoms with E-state index in [0.717, 1.165) is 18.7 Å². The van der Waals surface area contributed by atoms with Crippen LogP contribution in [0.2, 0.25) is 0 Å². The molecule has 1 aliphatic carbocycles. The van der Waals surface area contributed by atoms with Crippen LogP contribution in [0.4, 0.5) is 0 Å². The summed E-state index contributed by atoms with van der Waals surface area (Å²) in [5, 5.41) is 5.99. The number of aromatic nitrogens is 2. The van der Waals surface area contributed by atoms with Crippen LogP contribution in [0.25, 0.3) is 0 Å². The Labute approximate surface area is 88.9 Å². The maximum Gasteiger partial charge on any atom is 0.234 e. The number of imidazole rings is 1. The van der Waals surface area contributed by atoms with Gasteiger partial charge in [0, 0.05) is 25.5 Å². The maximum atomic E-state index is 11.3. The lowest BCUT2D eigenvalue weighted by Gasteiger charge is -2.05. The Morgan fingerprint density at radius 2 is 2.47 bits per heavy atom. The first-order valence-corrected chi connectivity index (χ1v) is 5.22. The molecule has 2 N–H and O–H groups in total. The number of carbonyl (C=O) groups excluding carboxylic acids is 1. The van der Waals surface area contributed by atoms with Gasteiger partial charge in [-0.2, -0.15) is 0 Å². The minimum Gasteiger partial charge on any atom is -0.352 e. The lowest BCUT2D eigenvalue weighted by molar-refractivity contribution is -0.120. The number of carbonyl (C=O) groups is 1. The summed E-state index contributed by atoms with van der Waals surface area (Å²) in [6, 6.07) is 0.437. The smallest absolute Gasteiger partial charge is 0.234 e. The summed E-state index contributed by atoms with van der Waals surface area (Å²) in [4.78, 5) is 15.5. The lowest BCUT2D eigenvalue weighted by Crippen LogP contribution is -2.35. The highest BCUT2D eigenvalue weighted by Gasteiger charge is 2.22. The van der Waals surface area contributed by atoms with E-state index >= 15 is 0 Å². The van der Waals surface area contributed by atoms with E-state index in [1.54, 1.807) is 6.20 Å². The Hall–Kier alpha value is -1.36. The Morgan fingerprint density at radius 3 is 3.07 bits per heavy atom. The molecule has 5 nitrogen and oxygen atoms in total. The molecule has 0 radical (unpaired) electrons. The van der Waals surface area contributed by atoms with Gasteiger partial charge in [0.25, 0.3) is 0 Å². The van der Waals surface area contributed by atoms with Crippen LogP contribution in [0.15, 0.2) is 12.4 Å². The Balaban J connectivity index is 1.65. The molecule has 0 spiro atoms. The molecule has 1 saturated carbocycles. The molecule has 1 aliphatic rings. The number of hydrogen-bond acceptors (Lipinski definition) is 3. The fourth-order valence-electron chi connectivity index (χ4n) is 1.36. The van der Waals surface area contributed by atoms with Crippen molar-refractivity contribution < 1.29 is 4.79 Å². The number of amides is 1. The number of rotatable bonds is 5. The highest BCUT2D eigenvalue weighted by atomic mass is 16.2. The summed E-state index contributed by atoms with van der Waals surface area (Å²) in [6.07, 6.45) is 5.90. The van der Waals surface area contributed by atoms with E-state index in [4.69, 9.17) is 0 Å². The quantitative estimate of drug-likeness (QED) is 0.704. The summed E-state index contributed by atoms with van der Waals surface area (Å²) < 4.78 is 1.94. The van der Waals surface area contributed by atoms with E-state index in [1.165, 1.54) is 0 Å². The van der Waals surface area contributed by atoms with Crippen LogP contribution in [0, 0.1) is 0 Å². The van der Waals surface area contributed by atoms with Gasteiger partial charge in [-0.3, -0.25) is 4.79 Å². The third kappa shape index (κ3) is 3.06. The molecule has 0 bridgehead atoms. The highest BCUT2D eigenvalue weighted by molar-refractivity contribution is 5.78. The molecule has 0 aliphatic heterocycles. The topological polar surface area (TPSA) is 59.0 Å². The number of aryl methyl sites for hydroxylation is 1. The first-order valence-electron chi connectivity index (χ1n) is 5.22. The Kier molecular flexibility index (Phi) is 3.01. The van der Waals surface area contributed by atoms with Crippen LogP contribution in [0.3, 0.4) is 0 Å². The molecule has 1 aromatic heterocycles. The normalized spacial score (nSPS) is 15.3. The molecule has 1 heterocycles. The predicted molar refractivity (Wildman–Crippen MR) is 56.1 cm³/mol. The third-order valence-electron chi connectivity index (χ3n) is 2.43. The van der Waals surface area contributed by atoms with Crippen molar-refractivity contribution in [2.24, 2.45) is 7.05 Å². The van der Waals surface area contributed by atoms with Gasteiger partial charge >= 0.3 is 0 Å². The minimum absolute atomic E-state index is 0.0757. The average Bonchev–Trinajstić information content (AvgIpc) is 2.91. The Bertz CT molecular complexity index is 343. The van der Waals surface area contributed by atoms with Crippen LogP contribution in [-0.4, -0.2) is 28.0 Å². The number of nitrogens with one attached hydrogen (secondary N) is 2. The van der Waals surface area contributed by atoms with Gasteiger partial charge in [-0.1, -0.05) is 0 Å². The fraction of sp³-hybridized carbons (Fsp3) is 0.600. The van der Waals surface area contributed by atoms with Gasteiger partial charge < -0.3 is 15.2 Å². The second-order valence-corrected chi connectivity index (χ2v) is 3.90. The van der Waals surface area contributed by atoms with Crippen LogP contribution in [0.5, 0.6) is 0 Å². The van der Waals surface area contributed by atoms with E-state index in [-0.39, 0.29) is 5.91 Å². The molecule has 1 aromatic rings. The van der Waals surface area contributed by atoms with Crippen molar-refractivity contribution in [3.63, 3.8) is 0 Å². The van der Waals surface area contributed by atoms with Crippen molar-refractivity contribution in [1.29, 1.82) is 0 Å². The highest BCUT2D eigenvalue weighted by Crippen LogP contribution is 2.18. The van der Waals surface area contributed by atoms with E-state index in [9.17, 15) is 4.79 Å². The molecule has 0 atom stereocenters. The van der Waals surface area contributed by atoms with Crippen LogP contribution in [0.1, 0.15) is 18.7 Å². The average molecular weight is 208 g/mol. The van der Waals surface area contributed by atoms with Gasteiger partial charge in [0.05, 0.1) is 13.1 Å². The molecule has 82 valence electrons. The van der Waals surface area contributed by atoms with E-state index < -0.39 is 0 Å². The number of nitrogens with zero attached hydrogens (tertiary/aromatic N) is 2. The van der Waals surface area contributed by atoms with Crippen molar-refractivity contribution in [2.45, 2.75) is 25.4 Å². The summed E-state index contributed by atoms with van der Waals surface area (Å²) in [7, 11) is 1.94. The van der Waals surface area contributed by atoms with Gasteiger partial charge in [-0.25, -0.2) is 4.98 Å². The largest absolute Gasteiger partial charge is 0.352 e. The zero-order chi connectivity index (χ0) is 10.7. The van der Waals surface area contributed by atoms with E-state index in [0.29, 0.717) is 19.1 Å². The van der Waals surface area contributed by atoms with Crippen molar-refractivity contribution >= 4 is 5.91 Å². The second-order valence-electron chi connectivity index (χ2n) is 3.90. The van der Waals surface area contributed by atoms with Gasteiger partial charge in [0.2, 0.25) is 5.91 Å². The zero-order valence-electron chi connectivity index (χ0n) is 8.86. The minimum atomic E-state index is 0.0757. The van der Waals surface area contributed by atoms with Gasteiger partial charge in [-0.15, -0.1) is 0 Å².